The van der Waals surface area contributed by atoms with E-state index in [2.05, 4.69) is 67.1 Å². The molecule has 33 heavy (non-hydrogen) atoms. The van der Waals surface area contributed by atoms with E-state index in [0.717, 1.165) is 45.0 Å². The molecule has 0 radical (unpaired) electrons. The van der Waals surface area contributed by atoms with Crippen molar-refractivity contribution >= 4 is 11.6 Å². The first-order valence-electron chi connectivity index (χ1n) is 12.2. The molecule has 1 aromatic heterocycles. The van der Waals surface area contributed by atoms with E-state index >= 15 is 0 Å². The van der Waals surface area contributed by atoms with Crippen LogP contribution >= 0.6 is 0 Å². The van der Waals surface area contributed by atoms with Crippen molar-refractivity contribution in [1.29, 1.82) is 0 Å². The molecule has 0 aliphatic carbocycles. The van der Waals surface area contributed by atoms with Gasteiger partial charge in [-0.3, -0.25) is 4.79 Å². The van der Waals surface area contributed by atoms with Crippen molar-refractivity contribution < 1.29 is 4.79 Å². The molecular weight excluding hydrogens is 410 g/mol. The van der Waals surface area contributed by atoms with E-state index in [0.29, 0.717) is 13.0 Å². The van der Waals surface area contributed by atoms with Crippen LogP contribution in [0.5, 0.6) is 0 Å². The largest absolute Gasteiger partial charge is 0.364 e. The predicted octanol–water partition coefficient (Wildman–Crippen LogP) is 4.30. The number of fused-ring (bicyclic) bond motifs is 1. The molecule has 1 fully saturated rings. The third-order valence-corrected chi connectivity index (χ3v) is 6.88. The fourth-order valence-corrected chi connectivity index (χ4v) is 5.02. The Labute approximate surface area is 196 Å². The summed E-state index contributed by atoms with van der Waals surface area (Å²) in [5.41, 5.74) is 5.81. The lowest BCUT2D eigenvalue weighted by Gasteiger charge is -2.28. The van der Waals surface area contributed by atoms with E-state index in [-0.39, 0.29) is 5.91 Å². The van der Waals surface area contributed by atoms with Gasteiger partial charge in [0.2, 0.25) is 5.91 Å². The van der Waals surface area contributed by atoms with Crippen LogP contribution in [-0.4, -0.2) is 58.4 Å². The Bertz CT molecular complexity index is 1040. The maximum atomic E-state index is 13.2. The number of rotatable bonds is 6. The molecule has 3 aromatic rings. The first-order valence-corrected chi connectivity index (χ1v) is 12.2. The van der Waals surface area contributed by atoms with Gasteiger partial charge in [0.15, 0.2) is 0 Å². The van der Waals surface area contributed by atoms with Gasteiger partial charge in [-0.1, -0.05) is 42.8 Å². The lowest BCUT2D eigenvalue weighted by molar-refractivity contribution is -0.132. The van der Waals surface area contributed by atoms with Crippen LogP contribution < -0.4 is 4.90 Å². The molecule has 6 nitrogen and oxygen atoms in total. The Morgan fingerprint density at radius 3 is 2.58 bits per heavy atom. The number of amides is 1. The first-order chi connectivity index (χ1) is 16.3. The van der Waals surface area contributed by atoms with E-state index in [1.165, 1.54) is 41.6 Å². The van der Waals surface area contributed by atoms with Crippen LogP contribution in [0.2, 0.25) is 0 Å². The van der Waals surface area contributed by atoms with Crippen molar-refractivity contribution in [3.8, 4) is 11.1 Å². The van der Waals surface area contributed by atoms with Gasteiger partial charge in [-0.2, -0.15) is 0 Å². The van der Waals surface area contributed by atoms with Crippen LogP contribution in [0, 0.1) is 0 Å². The SMILES string of the molecule is O=C(CCN1CCCCC1)N1CCN(Cc2c[nH]cn2)c2ccc(-c3ccccc3)cc2C1. The number of nitrogens with zero attached hydrogens (tertiary/aromatic N) is 4. The molecule has 0 unspecified atom stereocenters. The number of benzene rings is 2. The number of H-pyrrole nitrogens is 1. The zero-order chi connectivity index (χ0) is 22.5. The molecule has 0 saturated carbocycles. The average molecular weight is 444 g/mol. The van der Waals surface area contributed by atoms with Crippen molar-refractivity contribution in [3.63, 3.8) is 0 Å². The molecule has 0 bridgehead atoms. The van der Waals surface area contributed by atoms with Crippen LogP contribution in [-0.2, 0) is 17.9 Å². The summed E-state index contributed by atoms with van der Waals surface area (Å²) in [6.07, 6.45) is 8.12. The van der Waals surface area contributed by atoms with Gasteiger partial charge in [0.25, 0.3) is 0 Å². The maximum Gasteiger partial charge on any atom is 0.224 e. The first kappa shape index (κ1) is 21.7. The highest BCUT2D eigenvalue weighted by atomic mass is 16.2. The molecular formula is C27H33N5O. The minimum Gasteiger partial charge on any atom is -0.364 e. The summed E-state index contributed by atoms with van der Waals surface area (Å²) < 4.78 is 0. The second-order valence-electron chi connectivity index (χ2n) is 9.16. The summed E-state index contributed by atoms with van der Waals surface area (Å²) in [6.45, 7) is 6.08. The Morgan fingerprint density at radius 1 is 0.939 bits per heavy atom. The number of nitrogens with one attached hydrogen (secondary N) is 1. The predicted molar refractivity (Wildman–Crippen MR) is 132 cm³/mol. The monoisotopic (exact) mass is 443 g/mol. The Morgan fingerprint density at radius 2 is 1.79 bits per heavy atom. The summed E-state index contributed by atoms with van der Waals surface area (Å²) in [6, 6.07) is 17.1. The number of likely N-dealkylation sites (tertiary alicyclic amines) is 1. The summed E-state index contributed by atoms with van der Waals surface area (Å²) >= 11 is 0. The number of aromatic amines is 1. The van der Waals surface area contributed by atoms with Gasteiger partial charge in [0.1, 0.15) is 0 Å². The Kier molecular flexibility index (Phi) is 6.72. The Balaban J connectivity index is 1.37. The molecule has 5 rings (SSSR count). The van der Waals surface area contributed by atoms with Crippen LogP contribution in [0.15, 0.2) is 61.1 Å². The van der Waals surface area contributed by atoms with Crippen LogP contribution in [0.25, 0.3) is 11.1 Å². The topological polar surface area (TPSA) is 55.5 Å². The summed E-state index contributed by atoms with van der Waals surface area (Å²) in [7, 11) is 0. The minimum absolute atomic E-state index is 0.262. The standard InChI is InChI=1S/C27H33N5O/c33-27(11-14-30-12-5-2-6-13-30)32-16-15-31(20-25-18-28-21-29-25)26-10-9-23(17-24(26)19-32)22-7-3-1-4-8-22/h1,3-4,7-10,17-18,21H,2,5-6,11-16,19-20H2,(H,28,29). The molecule has 1 amide bonds. The number of hydrogen-bond acceptors (Lipinski definition) is 4. The molecule has 2 aliphatic rings. The zero-order valence-electron chi connectivity index (χ0n) is 19.2. The van der Waals surface area contributed by atoms with Gasteiger partial charge in [0.05, 0.1) is 18.6 Å². The lowest BCUT2D eigenvalue weighted by atomic mass is 10.0. The molecule has 1 N–H and O–H groups in total. The van der Waals surface area contributed by atoms with Crippen molar-refractivity contribution in [2.75, 3.05) is 37.6 Å². The normalized spacial score (nSPS) is 17.0. The molecule has 172 valence electrons. The van der Waals surface area contributed by atoms with E-state index < -0.39 is 0 Å². The van der Waals surface area contributed by atoms with Gasteiger partial charge in [-0.25, -0.2) is 4.98 Å². The minimum atomic E-state index is 0.262. The number of piperidine rings is 1. The lowest BCUT2D eigenvalue weighted by Crippen LogP contribution is -2.38. The van der Waals surface area contributed by atoms with Crippen LogP contribution in [0.4, 0.5) is 5.69 Å². The highest BCUT2D eigenvalue weighted by Crippen LogP contribution is 2.31. The maximum absolute atomic E-state index is 13.2. The van der Waals surface area contributed by atoms with Gasteiger partial charge in [-0.05, 0) is 54.8 Å². The van der Waals surface area contributed by atoms with Crippen molar-refractivity contribution in [3.05, 3.63) is 72.3 Å². The number of aromatic nitrogens is 2. The highest BCUT2D eigenvalue weighted by Gasteiger charge is 2.24. The number of hydrogen-bond donors (Lipinski definition) is 1. The van der Waals surface area contributed by atoms with E-state index in [1.54, 1.807) is 6.33 Å². The van der Waals surface area contributed by atoms with Crippen LogP contribution in [0.1, 0.15) is 36.9 Å². The van der Waals surface area contributed by atoms with Crippen LogP contribution in [0.3, 0.4) is 0 Å². The molecule has 6 heteroatoms. The number of anilines is 1. The molecule has 0 atom stereocenters. The number of carbonyl (C=O) groups is 1. The third-order valence-electron chi connectivity index (χ3n) is 6.88. The fourth-order valence-electron chi connectivity index (χ4n) is 5.02. The number of imidazole rings is 1. The molecule has 1 saturated heterocycles. The quantitative estimate of drug-likeness (QED) is 0.617. The summed E-state index contributed by atoms with van der Waals surface area (Å²) in [4.78, 5) is 27.6. The average Bonchev–Trinajstić information content (AvgIpc) is 3.31. The number of carbonyl (C=O) groups excluding carboxylic acids is 1. The molecule has 2 aliphatic heterocycles. The molecule has 0 spiro atoms. The van der Waals surface area contributed by atoms with Crippen molar-refractivity contribution in [1.82, 2.24) is 19.8 Å². The highest BCUT2D eigenvalue weighted by molar-refractivity contribution is 5.77. The molecule has 3 heterocycles. The summed E-state index contributed by atoms with van der Waals surface area (Å²) in [5, 5.41) is 0. The van der Waals surface area contributed by atoms with Gasteiger partial charge >= 0.3 is 0 Å². The third kappa shape index (κ3) is 5.28. The zero-order valence-corrected chi connectivity index (χ0v) is 19.2. The van der Waals surface area contributed by atoms with Crippen molar-refractivity contribution in [2.45, 2.75) is 38.8 Å². The fraction of sp³-hybridized carbons (Fsp3) is 0.407. The second kappa shape index (κ2) is 10.2. The Hall–Kier alpha value is -3.12. The van der Waals surface area contributed by atoms with E-state index in [9.17, 15) is 4.79 Å². The van der Waals surface area contributed by atoms with Gasteiger partial charge in [-0.15, -0.1) is 0 Å². The van der Waals surface area contributed by atoms with E-state index in [1.807, 2.05) is 12.3 Å². The van der Waals surface area contributed by atoms with E-state index in [4.69, 9.17) is 0 Å². The van der Waals surface area contributed by atoms with Crippen molar-refractivity contribution in [2.24, 2.45) is 0 Å². The molecule has 2 aromatic carbocycles. The smallest absolute Gasteiger partial charge is 0.224 e. The summed E-state index contributed by atoms with van der Waals surface area (Å²) in [5.74, 6) is 0.262. The van der Waals surface area contributed by atoms with Gasteiger partial charge in [0, 0.05) is 44.5 Å². The second-order valence-corrected chi connectivity index (χ2v) is 9.16. The van der Waals surface area contributed by atoms with Gasteiger partial charge < -0.3 is 19.7 Å².